The van der Waals surface area contributed by atoms with Crippen molar-refractivity contribution < 1.29 is 4.79 Å². The lowest BCUT2D eigenvalue weighted by Gasteiger charge is -2.27. The molecule has 0 atom stereocenters. The van der Waals surface area contributed by atoms with Crippen LogP contribution < -0.4 is 10.6 Å². The van der Waals surface area contributed by atoms with Crippen molar-refractivity contribution in [3.8, 4) is 11.8 Å². The molecule has 3 heteroatoms. The number of hydrogen-bond donors (Lipinski definition) is 1. The fourth-order valence-corrected chi connectivity index (χ4v) is 2.22. The van der Waals surface area contributed by atoms with Gasteiger partial charge in [0.15, 0.2) is 0 Å². The second kappa shape index (κ2) is 5.70. The zero-order chi connectivity index (χ0) is 13.0. The highest BCUT2D eigenvalue weighted by Gasteiger charge is 2.19. The van der Waals surface area contributed by atoms with E-state index in [0.29, 0.717) is 13.0 Å². The van der Waals surface area contributed by atoms with Crippen LogP contribution >= 0.6 is 0 Å². The molecule has 1 aromatic carbocycles. The van der Waals surface area contributed by atoms with Gasteiger partial charge < -0.3 is 10.6 Å². The first-order valence-electron chi connectivity index (χ1n) is 6.31. The summed E-state index contributed by atoms with van der Waals surface area (Å²) in [5.74, 6) is 6.09. The first kappa shape index (κ1) is 12.7. The van der Waals surface area contributed by atoms with Crippen molar-refractivity contribution in [1.82, 2.24) is 0 Å². The van der Waals surface area contributed by atoms with Gasteiger partial charge >= 0.3 is 0 Å². The molecule has 1 aliphatic rings. The van der Waals surface area contributed by atoms with Crippen LogP contribution in [0, 0.1) is 18.8 Å². The standard InChI is InChI=1S/C15H18N2O/c1-12-9-13(5-4-7-16)11-14(10-12)17-8-3-2-6-15(17)18/h9-11H,2-3,6-8,16H2,1H3. The van der Waals surface area contributed by atoms with Crippen LogP contribution in [0.4, 0.5) is 5.69 Å². The molecule has 0 aromatic heterocycles. The van der Waals surface area contributed by atoms with Crippen molar-refractivity contribution in [3.63, 3.8) is 0 Å². The van der Waals surface area contributed by atoms with Crippen molar-refractivity contribution in [2.45, 2.75) is 26.2 Å². The largest absolute Gasteiger partial charge is 0.320 e. The topological polar surface area (TPSA) is 46.3 Å². The third-order valence-electron chi connectivity index (χ3n) is 3.03. The van der Waals surface area contributed by atoms with Gasteiger partial charge in [-0.15, -0.1) is 0 Å². The number of anilines is 1. The summed E-state index contributed by atoms with van der Waals surface area (Å²) >= 11 is 0. The summed E-state index contributed by atoms with van der Waals surface area (Å²) in [6.07, 6.45) is 2.72. The highest BCUT2D eigenvalue weighted by Crippen LogP contribution is 2.23. The molecule has 94 valence electrons. The minimum atomic E-state index is 0.213. The van der Waals surface area contributed by atoms with Gasteiger partial charge in [-0.2, -0.15) is 0 Å². The number of carbonyl (C=O) groups excluding carboxylic acids is 1. The van der Waals surface area contributed by atoms with Gasteiger partial charge in [0.25, 0.3) is 0 Å². The molecule has 2 rings (SSSR count). The van der Waals surface area contributed by atoms with Crippen LogP contribution in [0.1, 0.15) is 30.4 Å². The molecule has 0 spiro atoms. The van der Waals surface area contributed by atoms with Crippen LogP contribution in [0.5, 0.6) is 0 Å². The van der Waals surface area contributed by atoms with E-state index in [0.717, 1.165) is 36.2 Å². The van der Waals surface area contributed by atoms with E-state index in [1.54, 1.807) is 0 Å². The Hall–Kier alpha value is -1.79. The molecule has 1 amide bonds. The molecule has 2 N–H and O–H groups in total. The number of amides is 1. The number of piperidine rings is 1. The Morgan fingerprint density at radius 1 is 1.33 bits per heavy atom. The average Bonchev–Trinajstić information content (AvgIpc) is 2.36. The molecule has 18 heavy (non-hydrogen) atoms. The van der Waals surface area contributed by atoms with Crippen LogP contribution in [-0.2, 0) is 4.79 Å². The smallest absolute Gasteiger partial charge is 0.226 e. The van der Waals surface area contributed by atoms with Gasteiger partial charge in [0, 0.05) is 24.2 Å². The Bertz CT molecular complexity index is 511. The number of nitrogens with two attached hydrogens (primary N) is 1. The van der Waals surface area contributed by atoms with Gasteiger partial charge in [-0.25, -0.2) is 0 Å². The van der Waals surface area contributed by atoms with Crippen molar-refractivity contribution >= 4 is 11.6 Å². The van der Waals surface area contributed by atoms with Gasteiger partial charge in [-0.05, 0) is 43.5 Å². The minimum absolute atomic E-state index is 0.213. The molecule has 0 radical (unpaired) electrons. The zero-order valence-electron chi connectivity index (χ0n) is 10.7. The molecule has 1 aromatic rings. The number of benzene rings is 1. The van der Waals surface area contributed by atoms with Crippen molar-refractivity contribution in [2.75, 3.05) is 18.0 Å². The highest BCUT2D eigenvalue weighted by atomic mass is 16.2. The number of nitrogens with zero attached hydrogens (tertiary/aromatic N) is 1. The lowest BCUT2D eigenvalue weighted by Crippen LogP contribution is -2.35. The third kappa shape index (κ3) is 2.91. The molecule has 3 nitrogen and oxygen atoms in total. The molecule has 1 saturated heterocycles. The summed E-state index contributed by atoms with van der Waals surface area (Å²) in [5.41, 5.74) is 8.38. The van der Waals surface area contributed by atoms with Crippen molar-refractivity contribution in [2.24, 2.45) is 5.73 Å². The van der Waals surface area contributed by atoms with E-state index >= 15 is 0 Å². The van der Waals surface area contributed by atoms with Gasteiger partial charge in [0.2, 0.25) is 5.91 Å². The average molecular weight is 242 g/mol. The molecule has 0 aliphatic carbocycles. The third-order valence-corrected chi connectivity index (χ3v) is 3.03. The molecular weight excluding hydrogens is 224 g/mol. The van der Waals surface area contributed by atoms with E-state index in [1.807, 2.05) is 30.0 Å². The van der Waals surface area contributed by atoms with Gasteiger partial charge in [0.1, 0.15) is 0 Å². The van der Waals surface area contributed by atoms with Crippen molar-refractivity contribution in [3.05, 3.63) is 29.3 Å². The van der Waals surface area contributed by atoms with Crippen LogP contribution in [0.25, 0.3) is 0 Å². The molecule has 0 saturated carbocycles. The van der Waals surface area contributed by atoms with Crippen LogP contribution in [0.3, 0.4) is 0 Å². The fourth-order valence-electron chi connectivity index (χ4n) is 2.22. The SMILES string of the molecule is Cc1cc(C#CCN)cc(N2CCCCC2=O)c1. The zero-order valence-corrected chi connectivity index (χ0v) is 10.7. The summed E-state index contributed by atoms with van der Waals surface area (Å²) < 4.78 is 0. The maximum Gasteiger partial charge on any atom is 0.226 e. The second-order valence-electron chi connectivity index (χ2n) is 4.57. The molecule has 0 unspecified atom stereocenters. The summed E-state index contributed by atoms with van der Waals surface area (Å²) in [5, 5.41) is 0. The molecule has 0 bridgehead atoms. The molecule has 1 heterocycles. The number of carbonyl (C=O) groups is 1. The van der Waals surface area contributed by atoms with E-state index in [2.05, 4.69) is 11.8 Å². The number of rotatable bonds is 1. The van der Waals surface area contributed by atoms with Crippen LogP contribution in [0.2, 0.25) is 0 Å². The quantitative estimate of drug-likeness (QED) is 0.764. The lowest BCUT2D eigenvalue weighted by molar-refractivity contribution is -0.119. The van der Waals surface area contributed by atoms with E-state index in [1.165, 1.54) is 0 Å². The Kier molecular flexibility index (Phi) is 4.01. The first-order chi connectivity index (χ1) is 8.70. The summed E-state index contributed by atoms with van der Waals surface area (Å²) in [7, 11) is 0. The van der Waals surface area contributed by atoms with E-state index < -0.39 is 0 Å². The highest BCUT2D eigenvalue weighted by molar-refractivity contribution is 5.94. The van der Waals surface area contributed by atoms with E-state index in [-0.39, 0.29) is 5.91 Å². The molecular formula is C15H18N2O. The van der Waals surface area contributed by atoms with Crippen LogP contribution in [-0.4, -0.2) is 19.0 Å². The Morgan fingerprint density at radius 3 is 2.89 bits per heavy atom. The first-order valence-corrected chi connectivity index (χ1v) is 6.31. The number of hydrogen-bond acceptors (Lipinski definition) is 2. The molecule has 1 aliphatic heterocycles. The minimum Gasteiger partial charge on any atom is -0.320 e. The second-order valence-corrected chi connectivity index (χ2v) is 4.57. The van der Waals surface area contributed by atoms with Gasteiger partial charge in [0.05, 0.1) is 6.54 Å². The Morgan fingerprint density at radius 2 is 2.17 bits per heavy atom. The number of aryl methyl sites for hydroxylation is 1. The Labute approximate surface area is 108 Å². The van der Waals surface area contributed by atoms with Crippen molar-refractivity contribution in [1.29, 1.82) is 0 Å². The van der Waals surface area contributed by atoms with Crippen LogP contribution in [0.15, 0.2) is 18.2 Å². The predicted octanol–water partition coefficient (Wildman–Crippen LogP) is 1.82. The maximum atomic E-state index is 11.9. The maximum absolute atomic E-state index is 11.9. The van der Waals surface area contributed by atoms with Gasteiger partial charge in [-0.1, -0.05) is 11.8 Å². The monoisotopic (exact) mass is 242 g/mol. The van der Waals surface area contributed by atoms with Gasteiger partial charge in [-0.3, -0.25) is 4.79 Å². The molecule has 1 fully saturated rings. The van der Waals surface area contributed by atoms with E-state index in [9.17, 15) is 4.79 Å². The summed E-state index contributed by atoms with van der Waals surface area (Å²) in [6, 6.07) is 6.02. The Balaban J connectivity index is 2.32. The lowest BCUT2D eigenvalue weighted by atomic mass is 10.1. The predicted molar refractivity (Wildman–Crippen MR) is 73.3 cm³/mol. The summed E-state index contributed by atoms with van der Waals surface area (Å²) in [6.45, 7) is 3.18. The fraction of sp³-hybridized carbons (Fsp3) is 0.400. The summed E-state index contributed by atoms with van der Waals surface area (Å²) in [4.78, 5) is 13.8. The normalized spacial score (nSPS) is 15.2. The van der Waals surface area contributed by atoms with E-state index in [4.69, 9.17) is 5.73 Å².